The molecule has 1 aromatic heterocycles. The van der Waals surface area contributed by atoms with Crippen molar-refractivity contribution in [2.75, 3.05) is 13.6 Å². The predicted octanol–water partition coefficient (Wildman–Crippen LogP) is 1.09. The third kappa shape index (κ3) is 1.67. The van der Waals surface area contributed by atoms with Gasteiger partial charge in [-0.15, -0.1) is 5.10 Å². The maximum Gasteiger partial charge on any atom is 0.0862 e. The van der Waals surface area contributed by atoms with Gasteiger partial charge in [0.1, 0.15) is 0 Å². The van der Waals surface area contributed by atoms with Crippen LogP contribution in [0.25, 0.3) is 0 Å². The summed E-state index contributed by atoms with van der Waals surface area (Å²) in [6.45, 7) is 5.68. The molecular formula is C11H20N4. The van der Waals surface area contributed by atoms with E-state index in [4.69, 9.17) is 0 Å². The van der Waals surface area contributed by atoms with Crippen molar-refractivity contribution < 1.29 is 0 Å². The van der Waals surface area contributed by atoms with Crippen LogP contribution in [0.2, 0.25) is 0 Å². The minimum Gasteiger partial charge on any atom is -0.319 e. The second-order valence-electron chi connectivity index (χ2n) is 5.14. The second-order valence-corrected chi connectivity index (χ2v) is 5.14. The molecule has 1 aromatic rings. The maximum absolute atomic E-state index is 4.24. The number of hydrogen-bond acceptors (Lipinski definition) is 3. The summed E-state index contributed by atoms with van der Waals surface area (Å²) in [7, 11) is 4.00. The van der Waals surface area contributed by atoms with E-state index < -0.39 is 0 Å². The Morgan fingerprint density at radius 2 is 2.27 bits per heavy atom. The fourth-order valence-corrected chi connectivity index (χ4v) is 2.57. The highest BCUT2D eigenvalue weighted by molar-refractivity contribution is 5.23. The van der Waals surface area contributed by atoms with Crippen LogP contribution in [-0.2, 0) is 13.5 Å². The van der Waals surface area contributed by atoms with Crippen molar-refractivity contribution in [1.82, 2.24) is 20.3 Å². The molecule has 1 atom stereocenters. The Morgan fingerprint density at radius 1 is 1.53 bits per heavy atom. The van der Waals surface area contributed by atoms with Gasteiger partial charge in [0.2, 0.25) is 0 Å². The van der Waals surface area contributed by atoms with Crippen LogP contribution in [0.1, 0.15) is 37.6 Å². The van der Waals surface area contributed by atoms with Crippen LogP contribution in [0.3, 0.4) is 0 Å². The Kier molecular flexibility index (Phi) is 2.54. The highest BCUT2D eigenvalue weighted by Crippen LogP contribution is 2.43. The van der Waals surface area contributed by atoms with Crippen LogP contribution >= 0.6 is 0 Å². The van der Waals surface area contributed by atoms with Crippen LogP contribution in [-0.4, -0.2) is 28.6 Å². The van der Waals surface area contributed by atoms with Crippen molar-refractivity contribution in [1.29, 1.82) is 0 Å². The van der Waals surface area contributed by atoms with Crippen molar-refractivity contribution in [2.45, 2.75) is 32.6 Å². The van der Waals surface area contributed by atoms with E-state index in [-0.39, 0.29) is 0 Å². The van der Waals surface area contributed by atoms with Crippen LogP contribution in [0.15, 0.2) is 0 Å². The van der Waals surface area contributed by atoms with Crippen molar-refractivity contribution in [3.8, 4) is 0 Å². The van der Waals surface area contributed by atoms with E-state index in [1.807, 2.05) is 18.8 Å². The molecule has 0 aliphatic heterocycles. The molecule has 1 N–H and O–H groups in total. The molecule has 0 bridgehead atoms. The lowest BCUT2D eigenvalue weighted by atomic mass is 9.69. The lowest BCUT2D eigenvalue weighted by Crippen LogP contribution is -2.35. The molecular weight excluding hydrogens is 188 g/mol. The normalized spacial score (nSPS) is 23.9. The molecule has 0 radical (unpaired) electrons. The van der Waals surface area contributed by atoms with Crippen LogP contribution in [0.5, 0.6) is 0 Å². The summed E-state index contributed by atoms with van der Waals surface area (Å²) in [6.07, 6.45) is 2.27. The number of aromatic nitrogens is 3. The van der Waals surface area contributed by atoms with Crippen LogP contribution < -0.4 is 5.32 Å². The molecule has 0 saturated heterocycles. The zero-order valence-corrected chi connectivity index (χ0v) is 10.0. The zero-order valence-electron chi connectivity index (χ0n) is 10.0. The highest BCUT2D eigenvalue weighted by Gasteiger charge is 2.38. The van der Waals surface area contributed by atoms with Crippen molar-refractivity contribution in [3.63, 3.8) is 0 Å². The number of hydrogen-bond donors (Lipinski definition) is 1. The van der Waals surface area contributed by atoms with Crippen molar-refractivity contribution in [3.05, 3.63) is 11.4 Å². The van der Waals surface area contributed by atoms with Gasteiger partial charge >= 0.3 is 0 Å². The van der Waals surface area contributed by atoms with Crippen molar-refractivity contribution >= 4 is 0 Å². The molecule has 1 heterocycles. The molecule has 2 rings (SSSR count). The van der Waals surface area contributed by atoms with Gasteiger partial charge in [-0.1, -0.05) is 19.1 Å². The quantitative estimate of drug-likeness (QED) is 0.791. The van der Waals surface area contributed by atoms with Gasteiger partial charge in [0.05, 0.1) is 11.4 Å². The SMILES string of the molecule is CNCC1c2c(nnn2C)CCC1(C)C. The standard InChI is InChI=1S/C11H20N4/c1-11(2)6-5-9-10(8(11)7-12-3)15(4)14-13-9/h8,12H,5-7H2,1-4H3. The monoisotopic (exact) mass is 208 g/mol. The van der Waals surface area contributed by atoms with E-state index in [1.54, 1.807) is 0 Å². The van der Waals surface area contributed by atoms with E-state index in [9.17, 15) is 0 Å². The minimum atomic E-state index is 0.339. The average molecular weight is 208 g/mol. The number of likely N-dealkylation sites (N-methyl/N-ethyl adjacent to an activating group) is 1. The Labute approximate surface area is 91.1 Å². The molecule has 4 heteroatoms. The average Bonchev–Trinajstić information content (AvgIpc) is 2.53. The topological polar surface area (TPSA) is 42.7 Å². The van der Waals surface area contributed by atoms with Gasteiger partial charge < -0.3 is 5.32 Å². The first kappa shape index (κ1) is 10.6. The molecule has 0 saturated carbocycles. The maximum atomic E-state index is 4.24. The van der Waals surface area contributed by atoms with E-state index in [1.165, 1.54) is 17.8 Å². The minimum absolute atomic E-state index is 0.339. The van der Waals surface area contributed by atoms with E-state index in [0.717, 1.165) is 13.0 Å². The number of nitrogens with one attached hydrogen (secondary N) is 1. The fourth-order valence-electron chi connectivity index (χ4n) is 2.57. The summed E-state index contributed by atoms with van der Waals surface area (Å²) in [4.78, 5) is 0. The highest BCUT2D eigenvalue weighted by atomic mass is 15.4. The first-order chi connectivity index (χ1) is 7.06. The van der Waals surface area contributed by atoms with Crippen LogP contribution in [0, 0.1) is 5.41 Å². The van der Waals surface area contributed by atoms with Gasteiger partial charge in [-0.05, 0) is 25.3 Å². The lowest BCUT2D eigenvalue weighted by molar-refractivity contribution is 0.231. The summed E-state index contributed by atoms with van der Waals surface area (Å²) in [5, 5.41) is 11.7. The van der Waals surface area contributed by atoms with Gasteiger partial charge in [0.25, 0.3) is 0 Å². The number of fused-ring (bicyclic) bond motifs is 1. The summed E-state index contributed by atoms with van der Waals surface area (Å²) >= 11 is 0. The van der Waals surface area contributed by atoms with E-state index in [0.29, 0.717) is 11.3 Å². The Balaban J connectivity index is 2.42. The fraction of sp³-hybridized carbons (Fsp3) is 0.818. The first-order valence-electron chi connectivity index (χ1n) is 5.59. The van der Waals surface area contributed by atoms with Gasteiger partial charge in [-0.25, -0.2) is 0 Å². The molecule has 0 spiro atoms. The summed E-state index contributed by atoms with van der Waals surface area (Å²) < 4.78 is 1.94. The summed E-state index contributed by atoms with van der Waals surface area (Å²) in [6, 6.07) is 0. The smallest absolute Gasteiger partial charge is 0.0862 e. The third-order valence-electron chi connectivity index (χ3n) is 3.63. The Morgan fingerprint density at radius 3 is 2.93 bits per heavy atom. The molecule has 0 amide bonds. The van der Waals surface area contributed by atoms with Crippen LogP contribution in [0.4, 0.5) is 0 Å². The van der Waals surface area contributed by atoms with Gasteiger partial charge in [0, 0.05) is 19.5 Å². The zero-order chi connectivity index (χ0) is 11.1. The predicted molar refractivity (Wildman–Crippen MR) is 59.8 cm³/mol. The molecule has 0 aromatic carbocycles. The molecule has 1 aliphatic carbocycles. The Hall–Kier alpha value is -0.900. The molecule has 0 fully saturated rings. The number of rotatable bonds is 2. The van der Waals surface area contributed by atoms with Gasteiger partial charge in [-0.2, -0.15) is 0 Å². The first-order valence-corrected chi connectivity index (χ1v) is 5.59. The summed E-state index contributed by atoms with van der Waals surface area (Å²) in [5.74, 6) is 0.520. The number of nitrogens with zero attached hydrogens (tertiary/aromatic N) is 3. The van der Waals surface area contributed by atoms with Gasteiger partial charge in [0.15, 0.2) is 0 Å². The molecule has 15 heavy (non-hydrogen) atoms. The molecule has 1 aliphatic rings. The molecule has 4 nitrogen and oxygen atoms in total. The van der Waals surface area contributed by atoms with Crippen molar-refractivity contribution in [2.24, 2.45) is 12.5 Å². The van der Waals surface area contributed by atoms with Gasteiger partial charge in [-0.3, -0.25) is 4.68 Å². The number of aryl methyl sites for hydroxylation is 2. The lowest BCUT2D eigenvalue weighted by Gasteiger charge is -2.38. The van der Waals surface area contributed by atoms with E-state index in [2.05, 4.69) is 29.5 Å². The largest absolute Gasteiger partial charge is 0.319 e. The summed E-state index contributed by atoms with van der Waals surface area (Å²) in [5.41, 5.74) is 2.85. The second kappa shape index (κ2) is 3.59. The van der Waals surface area contributed by atoms with E-state index >= 15 is 0 Å². The Bertz CT molecular complexity index is 353. The molecule has 1 unspecified atom stereocenters. The third-order valence-corrected chi connectivity index (χ3v) is 3.63. The molecule has 84 valence electrons.